The highest BCUT2D eigenvalue weighted by Gasteiger charge is 2.21. The number of para-hydroxylation sites is 2. The lowest BCUT2D eigenvalue weighted by Gasteiger charge is -2.21. The number of ether oxygens (including phenoxy) is 2. The first-order valence-electron chi connectivity index (χ1n) is 11.2. The van der Waals surface area contributed by atoms with Crippen molar-refractivity contribution in [2.75, 3.05) is 0 Å². The molecular weight excluding hydrogens is 416 g/mol. The van der Waals surface area contributed by atoms with E-state index in [0.717, 1.165) is 56.4 Å². The summed E-state index contributed by atoms with van der Waals surface area (Å²) >= 11 is 0. The zero-order valence-corrected chi connectivity index (χ0v) is 18.4. The molecule has 6 rings (SSSR count). The Balaban J connectivity index is 1.57. The quantitative estimate of drug-likeness (QED) is 0.261. The Morgan fingerprint density at radius 1 is 0.441 bits per heavy atom. The predicted molar refractivity (Wildman–Crippen MR) is 136 cm³/mol. The van der Waals surface area contributed by atoms with Crippen LogP contribution in [-0.4, -0.2) is 0 Å². The summed E-state index contributed by atoms with van der Waals surface area (Å²) in [7, 11) is 0. The van der Waals surface area contributed by atoms with Crippen LogP contribution in [0.15, 0.2) is 138 Å². The van der Waals surface area contributed by atoms with Crippen LogP contribution < -0.4 is 4.74 Å². The summed E-state index contributed by atoms with van der Waals surface area (Å²) in [6.45, 7) is 0. The first kappa shape index (κ1) is 19.9. The van der Waals surface area contributed by atoms with Crippen LogP contribution in [0.25, 0.3) is 17.1 Å². The molecule has 0 atom stereocenters. The number of benzene rings is 4. The molecule has 0 aromatic heterocycles. The van der Waals surface area contributed by atoms with E-state index in [-0.39, 0.29) is 0 Å². The molecule has 2 aliphatic rings. The van der Waals surface area contributed by atoms with Crippen molar-refractivity contribution in [3.05, 3.63) is 161 Å². The fourth-order valence-electron chi connectivity index (χ4n) is 4.12. The molecule has 0 bridgehead atoms. The van der Waals surface area contributed by atoms with Gasteiger partial charge in [-0.25, -0.2) is 0 Å². The molecule has 2 heteroatoms. The smallest absolute Gasteiger partial charge is 0.135 e. The van der Waals surface area contributed by atoms with Gasteiger partial charge in [0.15, 0.2) is 0 Å². The number of fused-ring (bicyclic) bond motifs is 2. The molecule has 4 aromatic carbocycles. The molecule has 0 amide bonds. The summed E-state index contributed by atoms with van der Waals surface area (Å²) in [6, 6.07) is 36.3. The van der Waals surface area contributed by atoms with E-state index >= 15 is 0 Å². The van der Waals surface area contributed by atoms with Crippen molar-refractivity contribution in [1.82, 2.24) is 0 Å². The summed E-state index contributed by atoms with van der Waals surface area (Å²) in [5.41, 5.74) is 12.7. The van der Waals surface area contributed by atoms with Gasteiger partial charge in [-0.15, -0.1) is 0 Å². The van der Waals surface area contributed by atoms with E-state index in [1.54, 1.807) is 0 Å². The molecular formula is C32H20O2. The molecule has 2 heterocycles. The number of hydrogen-bond donors (Lipinski definition) is 0. The van der Waals surface area contributed by atoms with E-state index < -0.39 is 0 Å². The zero-order valence-electron chi connectivity index (χ0n) is 18.4. The second-order valence-electron chi connectivity index (χ2n) is 8.03. The lowest BCUT2D eigenvalue weighted by Crippen LogP contribution is -2.01. The van der Waals surface area contributed by atoms with E-state index in [1.807, 2.05) is 109 Å². The molecule has 2 nitrogen and oxygen atoms in total. The average Bonchev–Trinajstić information content (AvgIpc) is 2.92. The fourth-order valence-corrected chi connectivity index (χ4v) is 4.12. The Hall–Kier alpha value is -4.74. The highest BCUT2D eigenvalue weighted by atomic mass is 16.5. The van der Waals surface area contributed by atoms with Gasteiger partial charge >= 0.3 is 0 Å². The molecule has 0 saturated carbocycles. The molecule has 0 N–H and O–H groups in total. The van der Waals surface area contributed by atoms with E-state index in [1.165, 1.54) is 0 Å². The Morgan fingerprint density at radius 2 is 0.912 bits per heavy atom. The lowest BCUT2D eigenvalue weighted by atomic mass is 9.94. The standard InChI is InChI=1S/C32H20O2/c1-3-11-24(12-4-1)31-21-23(22-32(34-31)25-13-5-2-6-14-25)19-20-26-27-15-7-9-17-29(27)33-30-18-10-8-16-28(26)30/h1-18,21-22H. The van der Waals surface area contributed by atoms with E-state index in [9.17, 15) is 0 Å². The first-order chi connectivity index (χ1) is 16.8. The summed E-state index contributed by atoms with van der Waals surface area (Å²) in [4.78, 5) is 0. The molecule has 0 saturated heterocycles. The van der Waals surface area contributed by atoms with Crippen molar-refractivity contribution < 1.29 is 9.47 Å². The van der Waals surface area contributed by atoms with E-state index in [2.05, 4.69) is 23.6 Å². The Bertz CT molecular complexity index is 1440. The molecule has 0 aliphatic carbocycles. The van der Waals surface area contributed by atoms with Gasteiger partial charge in [0, 0.05) is 33.4 Å². The van der Waals surface area contributed by atoms with Crippen LogP contribution in [0.5, 0.6) is 11.5 Å². The molecule has 0 spiro atoms. The van der Waals surface area contributed by atoms with Crippen LogP contribution in [0.3, 0.4) is 0 Å². The predicted octanol–water partition coefficient (Wildman–Crippen LogP) is 8.02. The van der Waals surface area contributed by atoms with Crippen LogP contribution in [0.4, 0.5) is 0 Å². The minimum atomic E-state index is 0.782. The van der Waals surface area contributed by atoms with E-state index in [0.29, 0.717) is 0 Å². The van der Waals surface area contributed by atoms with Gasteiger partial charge in [0.1, 0.15) is 23.0 Å². The minimum absolute atomic E-state index is 0.782. The van der Waals surface area contributed by atoms with Crippen LogP contribution in [0.2, 0.25) is 0 Å². The fraction of sp³-hybridized carbons (Fsp3) is 0. The maximum absolute atomic E-state index is 6.30. The third kappa shape index (κ3) is 3.81. The van der Waals surface area contributed by atoms with Crippen molar-refractivity contribution in [2.45, 2.75) is 0 Å². The van der Waals surface area contributed by atoms with Crippen LogP contribution in [0.1, 0.15) is 22.3 Å². The molecule has 2 aliphatic heterocycles. The van der Waals surface area contributed by atoms with Crippen LogP contribution in [0, 0.1) is 0 Å². The molecule has 34 heavy (non-hydrogen) atoms. The third-order valence-corrected chi connectivity index (χ3v) is 5.77. The summed E-state index contributed by atoms with van der Waals surface area (Å²) in [6.07, 6.45) is 4.01. The van der Waals surface area contributed by atoms with Crippen LogP contribution in [-0.2, 0) is 4.74 Å². The molecule has 0 radical (unpaired) electrons. The summed E-state index contributed by atoms with van der Waals surface area (Å²) < 4.78 is 12.4. The van der Waals surface area contributed by atoms with E-state index in [4.69, 9.17) is 9.47 Å². The van der Waals surface area contributed by atoms with Gasteiger partial charge < -0.3 is 9.47 Å². The van der Waals surface area contributed by atoms with Gasteiger partial charge in [0.25, 0.3) is 0 Å². The third-order valence-electron chi connectivity index (χ3n) is 5.77. The van der Waals surface area contributed by atoms with Crippen molar-refractivity contribution in [3.63, 3.8) is 0 Å². The van der Waals surface area contributed by atoms with Gasteiger partial charge in [-0.05, 0) is 36.4 Å². The second kappa shape index (κ2) is 8.65. The zero-order chi connectivity index (χ0) is 22.7. The number of rotatable bonds is 2. The number of allylic oxidation sites excluding steroid dienone is 3. The SMILES string of the molecule is C(=C=C1c2ccccc2Oc2ccccc21)=C1C=C(c2ccccc2)OC(c2ccccc2)=C1. The van der Waals surface area contributed by atoms with Gasteiger partial charge in [0.2, 0.25) is 0 Å². The average molecular weight is 437 g/mol. The Labute approximate surface area is 198 Å². The number of hydrogen-bond acceptors (Lipinski definition) is 2. The minimum Gasteiger partial charge on any atom is -0.456 e. The monoisotopic (exact) mass is 436 g/mol. The van der Waals surface area contributed by atoms with Crippen molar-refractivity contribution >= 4 is 17.1 Å². The summed E-state index contributed by atoms with van der Waals surface area (Å²) in [5.74, 6) is 3.21. The highest BCUT2D eigenvalue weighted by molar-refractivity contribution is 5.87. The molecule has 0 unspecified atom stereocenters. The largest absolute Gasteiger partial charge is 0.456 e. The molecule has 0 fully saturated rings. The normalized spacial score (nSPS) is 13.8. The molecule has 160 valence electrons. The van der Waals surface area contributed by atoms with Gasteiger partial charge in [0.05, 0.1) is 0 Å². The van der Waals surface area contributed by atoms with Crippen molar-refractivity contribution in [3.8, 4) is 11.5 Å². The lowest BCUT2D eigenvalue weighted by molar-refractivity contribution is 0.467. The summed E-state index contributed by atoms with van der Waals surface area (Å²) in [5, 5.41) is 0. The Morgan fingerprint density at radius 3 is 1.44 bits per heavy atom. The van der Waals surface area contributed by atoms with Gasteiger partial charge in [-0.1, -0.05) is 96.4 Å². The Kier molecular flexibility index (Phi) is 5.07. The van der Waals surface area contributed by atoms with Gasteiger partial charge in [-0.2, -0.15) is 0 Å². The second-order valence-corrected chi connectivity index (χ2v) is 8.03. The van der Waals surface area contributed by atoms with Crippen molar-refractivity contribution in [1.29, 1.82) is 0 Å². The highest BCUT2D eigenvalue weighted by Crippen LogP contribution is 2.42. The first-order valence-corrected chi connectivity index (χ1v) is 11.2. The maximum Gasteiger partial charge on any atom is 0.135 e. The topological polar surface area (TPSA) is 18.5 Å². The van der Waals surface area contributed by atoms with Crippen LogP contribution >= 0.6 is 0 Å². The molecule has 4 aromatic rings. The van der Waals surface area contributed by atoms with Crippen molar-refractivity contribution in [2.24, 2.45) is 0 Å². The maximum atomic E-state index is 6.30. The van der Waals surface area contributed by atoms with Gasteiger partial charge in [-0.3, -0.25) is 0 Å².